The Kier molecular flexibility index (Phi) is 3.98. The minimum atomic E-state index is -0.309. The highest BCUT2D eigenvalue weighted by Gasteiger charge is 2.15. The van der Waals surface area contributed by atoms with Crippen molar-refractivity contribution in [3.05, 3.63) is 36.2 Å². The summed E-state index contributed by atoms with van der Waals surface area (Å²) in [6.45, 7) is 0.301. The third-order valence-electron chi connectivity index (χ3n) is 2.92. The van der Waals surface area contributed by atoms with Crippen molar-refractivity contribution >= 4 is 38.3 Å². The van der Waals surface area contributed by atoms with E-state index in [4.69, 9.17) is 5.26 Å². The third kappa shape index (κ3) is 2.89. The lowest BCUT2D eigenvalue weighted by molar-refractivity contribution is 0.0950. The van der Waals surface area contributed by atoms with Crippen molar-refractivity contribution in [3.63, 3.8) is 0 Å². The van der Waals surface area contributed by atoms with Crippen LogP contribution in [0.3, 0.4) is 0 Å². The molecule has 0 unspecified atom stereocenters. The molecule has 3 N–H and O–H groups in total. The first kappa shape index (κ1) is 14.0. The average Bonchev–Trinajstić information content (AvgIpc) is 3.13. The minimum absolute atomic E-state index is 0.264. The first-order valence-corrected chi connectivity index (χ1v) is 7.40. The summed E-state index contributed by atoms with van der Waals surface area (Å²) < 4.78 is 1.06. The summed E-state index contributed by atoms with van der Waals surface area (Å²) in [4.78, 5) is 16.5. The number of anilines is 2. The number of H-pyrrole nitrogens is 1. The van der Waals surface area contributed by atoms with Gasteiger partial charge in [-0.3, -0.25) is 9.89 Å². The van der Waals surface area contributed by atoms with E-state index >= 15 is 0 Å². The van der Waals surface area contributed by atoms with Crippen molar-refractivity contribution in [1.82, 2.24) is 20.5 Å². The average molecular weight is 312 g/mol. The Morgan fingerprint density at radius 1 is 1.41 bits per heavy atom. The van der Waals surface area contributed by atoms with Crippen LogP contribution in [0.5, 0.6) is 0 Å². The second-order valence-electron chi connectivity index (χ2n) is 4.43. The molecule has 0 saturated heterocycles. The van der Waals surface area contributed by atoms with E-state index < -0.39 is 0 Å². The van der Waals surface area contributed by atoms with Crippen molar-refractivity contribution in [2.24, 2.45) is 0 Å². The number of nitriles is 1. The first-order valence-electron chi connectivity index (χ1n) is 6.59. The van der Waals surface area contributed by atoms with Crippen LogP contribution >= 0.6 is 11.3 Å². The van der Waals surface area contributed by atoms with Crippen molar-refractivity contribution in [1.29, 1.82) is 5.26 Å². The molecule has 3 rings (SSSR count). The van der Waals surface area contributed by atoms with Gasteiger partial charge in [-0.05, 0) is 12.1 Å². The van der Waals surface area contributed by atoms with Crippen molar-refractivity contribution in [3.8, 4) is 6.07 Å². The van der Waals surface area contributed by atoms with E-state index in [9.17, 15) is 4.79 Å². The number of hydrogen-bond acceptors (Lipinski definition) is 6. The zero-order chi connectivity index (χ0) is 15.4. The Hall–Kier alpha value is -2.92. The highest BCUT2D eigenvalue weighted by Crippen LogP contribution is 2.28. The number of hydrogen-bond donors (Lipinski definition) is 3. The van der Waals surface area contributed by atoms with E-state index in [0.717, 1.165) is 10.2 Å². The first-order chi connectivity index (χ1) is 10.8. The van der Waals surface area contributed by atoms with Crippen molar-refractivity contribution in [2.75, 3.05) is 11.9 Å². The van der Waals surface area contributed by atoms with Gasteiger partial charge in [-0.25, -0.2) is 4.98 Å². The number of thiazole rings is 1. The summed E-state index contributed by atoms with van der Waals surface area (Å²) in [6.07, 6.45) is 1.80. The van der Waals surface area contributed by atoms with Crippen LogP contribution in [-0.4, -0.2) is 27.6 Å². The molecule has 22 heavy (non-hydrogen) atoms. The van der Waals surface area contributed by atoms with Crippen LogP contribution in [0.1, 0.15) is 16.9 Å². The largest absolute Gasteiger partial charge is 0.350 e. The van der Waals surface area contributed by atoms with Crippen LogP contribution in [0.25, 0.3) is 10.2 Å². The molecule has 0 spiro atoms. The molecule has 0 bridgehead atoms. The molecule has 0 radical (unpaired) electrons. The number of nitrogens with one attached hydrogen (secondary N) is 3. The molecule has 1 aromatic carbocycles. The summed E-state index contributed by atoms with van der Waals surface area (Å²) in [5, 5.41) is 21.5. The van der Waals surface area contributed by atoms with Gasteiger partial charge in [-0.15, -0.1) is 0 Å². The molecule has 8 heteroatoms. The monoisotopic (exact) mass is 312 g/mol. The minimum Gasteiger partial charge on any atom is -0.350 e. The Bertz CT molecular complexity index is 813. The Morgan fingerprint density at radius 2 is 2.27 bits per heavy atom. The number of aromatic amines is 1. The van der Waals surface area contributed by atoms with Gasteiger partial charge in [0.15, 0.2) is 5.13 Å². The molecule has 7 nitrogen and oxygen atoms in total. The zero-order valence-electron chi connectivity index (χ0n) is 11.5. The standard InChI is InChI=1S/C14H12N6OS/c15-6-3-7-16-13(21)12-10(8-17-20-12)19-14-18-9-4-1-2-5-11(9)22-14/h1-2,4-5,8H,3,7H2,(H,16,21)(H,17,20)(H,18,19). The highest BCUT2D eigenvalue weighted by molar-refractivity contribution is 7.22. The molecule has 110 valence electrons. The second-order valence-corrected chi connectivity index (χ2v) is 5.47. The molecule has 0 aliphatic rings. The number of carbonyl (C=O) groups excluding carboxylic acids is 1. The van der Waals surface area contributed by atoms with E-state index in [0.29, 0.717) is 23.1 Å². The molecule has 0 fully saturated rings. The van der Waals surface area contributed by atoms with E-state index in [2.05, 4.69) is 25.8 Å². The van der Waals surface area contributed by atoms with E-state index in [1.807, 2.05) is 30.3 Å². The zero-order valence-corrected chi connectivity index (χ0v) is 12.3. The van der Waals surface area contributed by atoms with Crippen LogP contribution in [0.4, 0.5) is 10.8 Å². The van der Waals surface area contributed by atoms with E-state index in [-0.39, 0.29) is 12.3 Å². The fourth-order valence-electron chi connectivity index (χ4n) is 1.92. The maximum Gasteiger partial charge on any atom is 0.271 e. The Labute approximate surface area is 130 Å². The molecule has 1 amide bonds. The van der Waals surface area contributed by atoms with Gasteiger partial charge in [0.1, 0.15) is 5.69 Å². The number of aromatic nitrogens is 3. The van der Waals surface area contributed by atoms with E-state index in [1.54, 1.807) is 0 Å². The SMILES string of the molecule is N#CCCNC(=O)c1[nH]ncc1Nc1nc2ccccc2s1. The van der Waals surface area contributed by atoms with Gasteiger partial charge < -0.3 is 10.6 Å². The van der Waals surface area contributed by atoms with Crippen LogP contribution in [0, 0.1) is 11.3 Å². The van der Waals surface area contributed by atoms with Crippen molar-refractivity contribution in [2.45, 2.75) is 6.42 Å². The van der Waals surface area contributed by atoms with Crippen LogP contribution < -0.4 is 10.6 Å². The summed E-state index contributed by atoms with van der Waals surface area (Å²) in [7, 11) is 0. The lowest BCUT2D eigenvalue weighted by Crippen LogP contribution is -2.25. The summed E-state index contributed by atoms with van der Waals surface area (Å²) in [5.41, 5.74) is 1.77. The lowest BCUT2D eigenvalue weighted by atomic mass is 10.3. The van der Waals surface area contributed by atoms with Crippen molar-refractivity contribution < 1.29 is 4.79 Å². The number of benzene rings is 1. The molecule has 0 saturated carbocycles. The summed E-state index contributed by atoms with van der Waals surface area (Å²) in [6, 6.07) is 9.78. The lowest BCUT2D eigenvalue weighted by Gasteiger charge is -2.04. The number of fused-ring (bicyclic) bond motifs is 1. The number of rotatable bonds is 5. The van der Waals surface area contributed by atoms with Gasteiger partial charge in [-0.2, -0.15) is 10.4 Å². The maximum atomic E-state index is 12.0. The molecule has 0 aliphatic heterocycles. The molecule has 0 aliphatic carbocycles. The normalized spacial score (nSPS) is 10.3. The Balaban J connectivity index is 1.77. The molecular weight excluding hydrogens is 300 g/mol. The van der Waals surface area contributed by atoms with E-state index in [1.165, 1.54) is 17.5 Å². The predicted octanol–water partition coefficient (Wildman–Crippen LogP) is 2.41. The number of amides is 1. The molecule has 2 aromatic heterocycles. The fraction of sp³-hybridized carbons (Fsp3) is 0.143. The fourth-order valence-corrected chi connectivity index (χ4v) is 2.79. The molecule has 3 aromatic rings. The van der Waals surface area contributed by atoms with Gasteiger partial charge in [-0.1, -0.05) is 23.5 Å². The van der Waals surface area contributed by atoms with Gasteiger partial charge in [0.25, 0.3) is 5.91 Å². The molecular formula is C14H12N6OS. The number of carbonyl (C=O) groups is 1. The number of nitrogens with zero attached hydrogens (tertiary/aromatic N) is 3. The summed E-state index contributed by atoms with van der Waals surface area (Å²) >= 11 is 1.50. The smallest absolute Gasteiger partial charge is 0.271 e. The van der Waals surface area contributed by atoms with Gasteiger partial charge in [0.2, 0.25) is 0 Å². The highest BCUT2D eigenvalue weighted by atomic mass is 32.1. The quantitative estimate of drug-likeness (QED) is 0.627. The number of para-hydroxylation sites is 1. The molecule has 2 heterocycles. The van der Waals surface area contributed by atoms with Crippen LogP contribution in [0.15, 0.2) is 30.5 Å². The van der Waals surface area contributed by atoms with Gasteiger partial charge in [0.05, 0.1) is 34.6 Å². The third-order valence-corrected chi connectivity index (χ3v) is 3.88. The molecule has 0 atom stereocenters. The Morgan fingerprint density at radius 3 is 3.09 bits per heavy atom. The predicted molar refractivity (Wildman–Crippen MR) is 84.1 cm³/mol. The van der Waals surface area contributed by atoms with Crippen LogP contribution in [-0.2, 0) is 0 Å². The summed E-state index contributed by atoms with van der Waals surface area (Å²) in [5.74, 6) is -0.309. The van der Waals surface area contributed by atoms with Gasteiger partial charge >= 0.3 is 0 Å². The maximum absolute atomic E-state index is 12.0. The second kappa shape index (κ2) is 6.24. The van der Waals surface area contributed by atoms with Crippen LogP contribution in [0.2, 0.25) is 0 Å². The topological polar surface area (TPSA) is 106 Å². The van der Waals surface area contributed by atoms with Gasteiger partial charge in [0, 0.05) is 6.54 Å².